The van der Waals surface area contributed by atoms with Gasteiger partial charge in [-0.1, -0.05) is 6.07 Å². The number of esters is 3. The van der Waals surface area contributed by atoms with E-state index in [1.807, 2.05) is 0 Å². The molecule has 0 aliphatic heterocycles. The van der Waals surface area contributed by atoms with Crippen molar-refractivity contribution < 1.29 is 58.9 Å². The van der Waals surface area contributed by atoms with Crippen molar-refractivity contribution in [1.82, 2.24) is 0 Å². The predicted molar refractivity (Wildman–Crippen MR) is 125 cm³/mol. The Morgan fingerprint density at radius 2 is 1.65 bits per heavy atom. The SMILES string of the molecule is COC(=O)C1(O)CC(O)C(OC(=O)c2ccc(O)c(OC)c2)C(OC(=O)C=Cc2ccc(O)c(O)c2)C1. The minimum Gasteiger partial charge on any atom is -0.504 e. The number of aliphatic hydroxyl groups excluding tert-OH is 1. The van der Waals surface area contributed by atoms with Gasteiger partial charge in [-0.25, -0.2) is 14.4 Å². The minimum atomic E-state index is -2.23. The summed E-state index contributed by atoms with van der Waals surface area (Å²) in [6.07, 6.45) is -3.46. The summed E-state index contributed by atoms with van der Waals surface area (Å²) in [7, 11) is 2.32. The Bertz CT molecular complexity index is 1210. The molecule has 0 saturated heterocycles. The van der Waals surface area contributed by atoms with Gasteiger partial charge in [-0.15, -0.1) is 0 Å². The molecule has 12 nitrogen and oxygen atoms in total. The van der Waals surface area contributed by atoms with Gasteiger partial charge in [0.25, 0.3) is 0 Å². The van der Waals surface area contributed by atoms with Crippen molar-refractivity contribution in [3.8, 4) is 23.0 Å². The third kappa shape index (κ3) is 6.29. The van der Waals surface area contributed by atoms with Crippen molar-refractivity contribution in [1.29, 1.82) is 0 Å². The quantitative estimate of drug-likeness (QED) is 0.152. The number of methoxy groups -OCH3 is 2. The number of phenolic OH excluding ortho intramolecular Hbond substituents is 3. The summed E-state index contributed by atoms with van der Waals surface area (Å²) in [5.41, 5.74) is -1.94. The molecule has 1 saturated carbocycles. The molecule has 3 rings (SSSR count). The second-order valence-corrected chi connectivity index (χ2v) is 8.31. The van der Waals surface area contributed by atoms with Gasteiger partial charge in [0, 0.05) is 18.9 Å². The molecule has 37 heavy (non-hydrogen) atoms. The van der Waals surface area contributed by atoms with Crippen molar-refractivity contribution in [2.45, 2.75) is 36.8 Å². The molecule has 4 unspecified atom stereocenters. The van der Waals surface area contributed by atoms with Gasteiger partial charge in [0.2, 0.25) is 0 Å². The number of aliphatic hydroxyl groups is 2. The number of carbonyl (C=O) groups excluding carboxylic acids is 3. The molecule has 0 heterocycles. The number of aromatic hydroxyl groups is 3. The van der Waals surface area contributed by atoms with Crippen LogP contribution in [0, 0.1) is 0 Å². The average molecular weight is 518 g/mol. The first-order valence-corrected chi connectivity index (χ1v) is 10.9. The van der Waals surface area contributed by atoms with Gasteiger partial charge in [-0.05, 0) is 42.0 Å². The number of rotatable bonds is 7. The van der Waals surface area contributed by atoms with Crippen LogP contribution < -0.4 is 4.74 Å². The summed E-state index contributed by atoms with van der Waals surface area (Å²) in [4.78, 5) is 37.5. The third-order valence-corrected chi connectivity index (χ3v) is 5.73. The fourth-order valence-corrected chi connectivity index (χ4v) is 3.86. The van der Waals surface area contributed by atoms with E-state index < -0.39 is 60.4 Å². The van der Waals surface area contributed by atoms with E-state index in [9.17, 15) is 39.9 Å². The van der Waals surface area contributed by atoms with Crippen LogP contribution in [-0.2, 0) is 23.8 Å². The lowest BCUT2D eigenvalue weighted by Crippen LogP contribution is -2.58. The maximum atomic E-state index is 12.8. The predicted octanol–water partition coefficient (Wildman–Crippen LogP) is 1.02. The molecule has 198 valence electrons. The lowest BCUT2D eigenvalue weighted by molar-refractivity contribution is -0.198. The van der Waals surface area contributed by atoms with Gasteiger partial charge in [0.15, 0.2) is 34.7 Å². The zero-order valence-electron chi connectivity index (χ0n) is 19.9. The van der Waals surface area contributed by atoms with Gasteiger partial charge in [0.1, 0.15) is 6.10 Å². The molecule has 2 aromatic rings. The standard InChI is InChI=1S/C25H26O12/c1-34-19-10-14(5-7-16(19)27)23(31)37-22-18(29)11-25(33,24(32)35-2)12-20(22)36-21(30)8-4-13-3-6-15(26)17(28)9-13/h3-10,18,20,22,26-29,33H,11-12H2,1-2H3. The van der Waals surface area contributed by atoms with E-state index in [0.717, 1.165) is 13.2 Å². The van der Waals surface area contributed by atoms with E-state index in [0.29, 0.717) is 5.56 Å². The highest BCUT2D eigenvalue weighted by Gasteiger charge is 2.53. The Kier molecular flexibility index (Phi) is 8.25. The van der Waals surface area contributed by atoms with Gasteiger partial charge in [-0.3, -0.25) is 0 Å². The van der Waals surface area contributed by atoms with E-state index >= 15 is 0 Å². The normalized spacial score (nSPS) is 23.3. The monoisotopic (exact) mass is 518 g/mol. The highest BCUT2D eigenvalue weighted by Crippen LogP contribution is 2.35. The van der Waals surface area contributed by atoms with Gasteiger partial charge in [-0.2, -0.15) is 0 Å². The highest BCUT2D eigenvalue weighted by molar-refractivity contribution is 5.91. The maximum absolute atomic E-state index is 12.8. The molecular formula is C25H26O12. The number of carbonyl (C=O) groups is 3. The first-order valence-electron chi connectivity index (χ1n) is 10.9. The van der Waals surface area contributed by atoms with Crippen LogP contribution >= 0.6 is 0 Å². The van der Waals surface area contributed by atoms with Crippen LogP contribution in [0.3, 0.4) is 0 Å². The van der Waals surface area contributed by atoms with E-state index in [4.69, 9.17) is 14.2 Å². The summed E-state index contributed by atoms with van der Waals surface area (Å²) in [5, 5.41) is 50.1. The van der Waals surface area contributed by atoms with E-state index in [2.05, 4.69) is 4.74 Å². The molecule has 0 spiro atoms. The van der Waals surface area contributed by atoms with Crippen molar-refractivity contribution >= 4 is 24.0 Å². The molecule has 0 aromatic heterocycles. The number of hydrogen-bond acceptors (Lipinski definition) is 12. The van der Waals surface area contributed by atoms with Gasteiger partial charge < -0.3 is 44.5 Å². The van der Waals surface area contributed by atoms with Crippen molar-refractivity contribution in [3.63, 3.8) is 0 Å². The molecule has 1 aliphatic carbocycles. The summed E-state index contributed by atoms with van der Waals surface area (Å²) in [5.74, 6) is -4.00. The van der Waals surface area contributed by atoms with Gasteiger partial charge >= 0.3 is 17.9 Å². The Morgan fingerprint density at radius 3 is 2.30 bits per heavy atom. The molecule has 0 radical (unpaired) electrons. The Morgan fingerprint density at radius 1 is 0.946 bits per heavy atom. The van der Waals surface area contributed by atoms with E-state index in [-0.39, 0.29) is 22.8 Å². The summed E-state index contributed by atoms with van der Waals surface area (Å²) in [6, 6.07) is 7.46. The lowest BCUT2D eigenvalue weighted by atomic mass is 9.79. The molecule has 12 heteroatoms. The maximum Gasteiger partial charge on any atom is 0.338 e. The molecule has 4 atom stereocenters. The van der Waals surface area contributed by atoms with Crippen LogP contribution in [-0.4, -0.2) is 81.6 Å². The molecular weight excluding hydrogens is 492 g/mol. The second-order valence-electron chi connectivity index (χ2n) is 8.31. The van der Waals surface area contributed by atoms with Crippen LogP contribution in [0.4, 0.5) is 0 Å². The fraction of sp³-hybridized carbons (Fsp3) is 0.320. The van der Waals surface area contributed by atoms with Crippen LogP contribution in [0.5, 0.6) is 23.0 Å². The molecule has 1 aliphatic rings. The fourth-order valence-electron chi connectivity index (χ4n) is 3.86. The Hall–Kier alpha value is -4.29. The Labute approximate surface area is 210 Å². The molecule has 2 aromatic carbocycles. The van der Waals surface area contributed by atoms with Gasteiger partial charge in [0.05, 0.1) is 25.9 Å². The first-order chi connectivity index (χ1) is 17.5. The number of ether oxygens (including phenoxy) is 4. The first kappa shape index (κ1) is 27.3. The number of benzene rings is 2. The van der Waals surface area contributed by atoms with Crippen molar-refractivity contribution in [3.05, 3.63) is 53.6 Å². The molecule has 5 N–H and O–H groups in total. The minimum absolute atomic E-state index is 0.00732. The van der Waals surface area contributed by atoms with Crippen LogP contribution in [0.2, 0.25) is 0 Å². The van der Waals surface area contributed by atoms with Crippen molar-refractivity contribution in [2.24, 2.45) is 0 Å². The van der Waals surface area contributed by atoms with Crippen molar-refractivity contribution in [2.75, 3.05) is 14.2 Å². The topological polar surface area (TPSA) is 189 Å². The van der Waals surface area contributed by atoms with Crippen LogP contribution in [0.1, 0.15) is 28.8 Å². The molecule has 0 bridgehead atoms. The summed E-state index contributed by atoms with van der Waals surface area (Å²) < 4.78 is 20.3. The number of phenols is 3. The van der Waals surface area contributed by atoms with Crippen LogP contribution in [0.15, 0.2) is 42.5 Å². The third-order valence-electron chi connectivity index (χ3n) is 5.73. The Balaban J connectivity index is 1.83. The largest absolute Gasteiger partial charge is 0.504 e. The van der Waals surface area contributed by atoms with Crippen LogP contribution in [0.25, 0.3) is 6.08 Å². The zero-order chi connectivity index (χ0) is 27.3. The lowest BCUT2D eigenvalue weighted by Gasteiger charge is -2.41. The smallest absolute Gasteiger partial charge is 0.338 e. The highest BCUT2D eigenvalue weighted by atomic mass is 16.6. The van der Waals surface area contributed by atoms with E-state index in [1.165, 1.54) is 49.6 Å². The second kappa shape index (κ2) is 11.2. The summed E-state index contributed by atoms with van der Waals surface area (Å²) in [6.45, 7) is 0. The summed E-state index contributed by atoms with van der Waals surface area (Å²) >= 11 is 0. The number of hydrogen-bond donors (Lipinski definition) is 5. The van der Waals surface area contributed by atoms with E-state index in [1.54, 1.807) is 0 Å². The molecule has 1 fully saturated rings. The zero-order valence-corrected chi connectivity index (χ0v) is 19.9. The average Bonchev–Trinajstić information content (AvgIpc) is 2.86. The molecule has 0 amide bonds.